The number of ether oxygens (including phenoxy) is 1. The molecule has 114 valence electrons. The molecule has 0 unspecified atom stereocenters. The van der Waals surface area contributed by atoms with Crippen molar-refractivity contribution in [2.75, 3.05) is 20.2 Å². The van der Waals surface area contributed by atoms with E-state index >= 15 is 0 Å². The van der Waals surface area contributed by atoms with Gasteiger partial charge in [-0.15, -0.1) is 0 Å². The summed E-state index contributed by atoms with van der Waals surface area (Å²) in [5, 5.41) is 9.76. The number of hydrogen-bond donors (Lipinski definition) is 1. The van der Waals surface area contributed by atoms with E-state index in [2.05, 4.69) is 15.9 Å². The van der Waals surface area contributed by atoms with Gasteiger partial charge in [-0.25, -0.2) is 0 Å². The molecule has 0 aliphatic carbocycles. The highest BCUT2D eigenvalue weighted by Crippen LogP contribution is 2.35. The molecule has 0 amide bonds. The number of benzene rings is 1. The summed E-state index contributed by atoms with van der Waals surface area (Å²) in [7, 11) is 1.62. The second-order valence-electron chi connectivity index (χ2n) is 4.46. The summed E-state index contributed by atoms with van der Waals surface area (Å²) in [5.41, 5.74) is 0.766. The summed E-state index contributed by atoms with van der Waals surface area (Å²) >= 11 is 3.20. The monoisotopic (exact) mass is 355 g/mol. The van der Waals surface area contributed by atoms with Crippen LogP contribution in [0.4, 0.5) is 13.2 Å². The molecule has 0 radical (unpaired) electrons. The van der Waals surface area contributed by atoms with Crippen molar-refractivity contribution in [2.24, 2.45) is 0 Å². The van der Waals surface area contributed by atoms with E-state index in [1.54, 1.807) is 31.0 Å². The Morgan fingerprint density at radius 2 is 2.00 bits per heavy atom. The second-order valence-corrected chi connectivity index (χ2v) is 5.31. The van der Waals surface area contributed by atoms with Crippen LogP contribution in [0, 0.1) is 0 Å². The first-order chi connectivity index (χ1) is 9.23. The van der Waals surface area contributed by atoms with Gasteiger partial charge in [-0.1, -0.05) is 0 Å². The molecule has 20 heavy (non-hydrogen) atoms. The smallest absolute Gasteiger partial charge is 0.390 e. The van der Waals surface area contributed by atoms with E-state index in [1.807, 2.05) is 0 Å². The zero-order valence-corrected chi connectivity index (χ0v) is 12.9. The van der Waals surface area contributed by atoms with Crippen molar-refractivity contribution in [2.45, 2.75) is 26.1 Å². The summed E-state index contributed by atoms with van der Waals surface area (Å²) in [4.78, 5) is 1.57. The average molecular weight is 356 g/mol. The summed E-state index contributed by atoms with van der Waals surface area (Å²) in [6, 6.07) is 3.30. The number of hydrogen-bond acceptors (Lipinski definition) is 3. The summed E-state index contributed by atoms with van der Waals surface area (Å²) in [5.74, 6) is 0.314. The van der Waals surface area contributed by atoms with Gasteiger partial charge >= 0.3 is 6.18 Å². The van der Waals surface area contributed by atoms with Crippen molar-refractivity contribution in [3.63, 3.8) is 0 Å². The molecular weight excluding hydrogens is 339 g/mol. The molecule has 0 saturated carbocycles. The lowest BCUT2D eigenvalue weighted by atomic mass is 10.2. The number of phenols is 1. The van der Waals surface area contributed by atoms with Crippen LogP contribution in [0.1, 0.15) is 18.9 Å². The van der Waals surface area contributed by atoms with Crippen LogP contribution in [0.3, 0.4) is 0 Å². The Kier molecular flexibility index (Phi) is 6.13. The van der Waals surface area contributed by atoms with Gasteiger partial charge < -0.3 is 14.7 Å². The maximum atomic E-state index is 12.1. The van der Waals surface area contributed by atoms with Crippen molar-refractivity contribution < 1.29 is 23.0 Å². The fourth-order valence-electron chi connectivity index (χ4n) is 1.69. The van der Waals surface area contributed by atoms with E-state index in [0.717, 1.165) is 5.56 Å². The first-order valence-corrected chi connectivity index (χ1v) is 6.91. The molecular formula is C13H17BrF3NO2. The average Bonchev–Trinajstić information content (AvgIpc) is 2.32. The van der Waals surface area contributed by atoms with Gasteiger partial charge in [0.2, 0.25) is 0 Å². The third-order valence-electron chi connectivity index (χ3n) is 2.62. The molecule has 0 fully saturated rings. The number of nitrogens with zero attached hydrogens (tertiary/aromatic N) is 1. The third kappa shape index (κ3) is 5.58. The Bertz CT molecular complexity index is 452. The fraction of sp³-hybridized carbons (Fsp3) is 0.538. The minimum absolute atomic E-state index is 0.00598. The van der Waals surface area contributed by atoms with Crippen LogP contribution >= 0.6 is 15.9 Å². The topological polar surface area (TPSA) is 32.7 Å². The van der Waals surface area contributed by atoms with E-state index in [4.69, 9.17) is 4.74 Å². The second kappa shape index (κ2) is 7.17. The molecule has 0 aliphatic rings. The number of halogens is 4. The predicted octanol–water partition coefficient (Wildman–Crippen LogP) is 3.94. The molecule has 0 saturated heterocycles. The van der Waals surface area contributed by atoms with Gasteiger partial charge in [0.25, 0.3) is 0 Å². The predicted molar refractivity (Wildman–Crippen MR) is 74.0 cm³/mol. The maximum Gasteiger partial charge on any atom is 0.390 e. The maximum absolute atomic E-state index is 12.1. The third-order valence-corrected chi connectivity index (χ3v) is 3.22. The van der Waals surface area contributed by atoms with E-state index in [1.165, 1.54) is 0 Å². The molecule has 0 heterocycles. The zero-order valence-electron chi connectivity index (χ0n) is 11.3. The van der Waals surface area contributed by atoms with Crippen LogP contribution in [-0.4, -0.2) is 36.4 Å². The standard InChI is InChI=1S/C13H17BrF3NO2/c1-3-20-11-7-9(6-10(14)12(11)19)8-18(2)5-4-13(15,16)17/h6-7,19H,3-5,8H2,1-2H3. The number of rotatable bonds is 6. The van der Waals surface area contributed by atoms with Crippen molar-refractivity contribution in [3.8, 4) is 11.5 Å². The van der Waals surface area contributed by atoms with Crippen LogP contribution in [-0.2, 0) is 6.54 Å². The lowest BCUT2D eigenvalue weighted by Gasteiger charge is -2.19. The Balaban J connectivity index is 2.72. The van der Waals surface area contributed by atoms with Gasteiger partial charge in [0.15, 0.2) is 11.5 Å². The quantitative estimate of drug-likeness (QED) is 0.838. The molecule has 0 atom stereocenters. The van der Waals surface area contributed by atoms with Crippen LogP contribution in [0.25, 0.3) is 0 Å². The molecule has 0 aliphatic heterocycles. The lowest BCUT2D eigenvalue weighted by molar-refractivity contribution is -0.137. The van der Waals surface area contributed by atoms with E-state index in [9.17, 15) is 18.3 Å². The molecule has 1 N–H and O–H groups in total. The van der Waals surface area contributed by atoms with Crippen LogP contribution in [0.2, 0.25) is 0 Å². The highest BCUT2D eigenvalue weighted by Gasteiger charge is 2.27. The first-order valence-electron chi connectivity index (χ1n) is 6.12. The van der Waals surface area contributed by atoms with Gasteiger partial charge in [-0.05, 0) is 47.6 Å². The first kappa shape index (κ1) is 17.1. The summed E-state index contributed by atoms with van der Waals surface area (Å²) < 4.78 is 42.2. The van der Waals surface area contributed by atoms with Gasteiger partial charge in [-0.3, -0.25) is 0 Å². The number of aromatic hydroxyl groups is 1. The van der Waals surface area contributed by atoms with E-state index in [0.29, 0.717) is 23.4 Å². The van der Waals surface area contributed by atoms with E-state index < -0.39 is 12.6 Å². The van der Waals surface area contributed by atoms with Crippen LogP contribution < -0.4 is 4.74 Å². The zero-order chi connectivity index (χ0) is 15.3. The van der Waals surface area contributed by atoms with E-state index in [-0.39, 0.29) is 12.3 Å². The normalized spacial score (nSPS) is 11.9. The fourth-order valence-corrected chi connectivity index (χ4v) is 2.18. The highest BCUT2D eigenvalue weighted by atomic mass is 79.9. The minimum atomic E-state index is -4.15. The Labute approximate surface area is 124 Å². The molecule has 0 aromatic heterocycles. The van der Waals surface area contributed by atoms with Crippen molar-refractivity contribution in [3.05, 3.63) is 22.2 Å². The number of alkyl halides is 3. The SMILES string of the molecule is CCOc1cc(CN(C)CCC(F)(F)F)cc(Br)c1O. The molecule has 0 bridgehead atoms. The van der Waals surface area contributed by atoms with Crippen LogP contribution in [0.5, 0.6) is 11.5 Å². The number of phenolic OH excluding ortho intramolecular Hbond substituents is 1. The van der Waals surface area contributed by atoms with Crippen molar-refractivity contribution in [1.82, 2.24) is 4.90 Å². The van der Waals surface area contributed by atoms with Gasteiger partial charge in [-0.2, -0.15) is 13.2 Å². The molecule has 1 aromatic carbocycles. The van der Waals surface area contributed by atoms with Gasteiger partial charge in [0, 0.05) is 13.1 Å². The molecule has 1 rings (SSSR count). The molecule has 0 spiro atoms. The van der Waals surface area contributed by atoms with Gasteiger partial charge in [0.1, 0.15) is 0 Å². The van der Waals surface area contributed by atoms with Crippen molar-refractivity contribution in [1.29, 1.82) is 0 Å². The summed E-state index contributed by atoms with van der Waals surface area (Å²) in [6.07, 6.45) is -5.00. The minimum Gasteiger partial charge on any atom is -0.503 e. The van der Waals surface area contributed by atoms with Gasteiger partial charge in [0.05, 0.1) is 17.5 Å². The molecule has 7 heteroatoms. The Morgan fingerprint density at radius 1 is 1.35 bits per heavy atom. The Hall–Kier alpha value is -0.950. The highest BCUT2D eigenvalue weighted by molar-refractivity contribution is 9.10. The van der Waals surface area contributed by atoms with Crippen molar-refractivity contribution >= 4 is 15.9 Å². The molecule has 1 aromatic rings. The lowest BCUT2D eigenvalue weighted by Crippen LogP contribution is -2.24. The largest absolute Gasteiger partial charge is 0.503 e. The summed E-state index contributed by atoms with van der Waals surface area (Å²) in [6.45, 7) is 2.45. The van der Waals surface area contributed by atoms with Crippen LogP contribution in [0.15, 0.2) is 16.6 Å². The molecule has 3 nitrogen and oxygen atoms in total. The Morgan fingerprint density at radius 3 is 2.55 bits per heavy atom.